The Balaban J connectivity index is 2.43. The van der Waals surface area contributed by atoms with Gasteiger partial charge in [0.15, 0.2) is 0 Å². The molecule has 1 aliphatic heterocycles. The number of benzene rings is 1. The van der Waals surface area contributed by atoms with Crippen LogP contribution in [0.4, 0.5) is 0 Å². The Bertz CT molecular complexity index is 601. The van der Waals surface area contributed by atoms with Crippen molar-refractivity contribution < 1.29 is 13.2 Å². The summed E-state index contributed by atoms with van der Waals surface area (Å²) >= 11 is 3.38. The Morgan fingerprint density at radius 1 is 1.40 bits per heavy atom. The van der Waals surface area contributed by atoms with Gasteiger partial charge in [-0.15, -0.1) is 0 Å². The van der Waals surface area contributed by atoms with Crippen molar-refractivity contribution in [2.24, 2.45) is 5.92 Å². The molecule has 6 heteroatoms. The molecule has 0 N–H and O–H groups in total. The Kier molecular flexibility index (Phi) is 4.76. The van der Waals surface area contributed by atoms with Gasteiger partial charge in [0, 0.05) is 19.2 Å². The fraction of sp³-hybridized carbons (Fsp3) is 0.571. The molecule has 1 fully saturated rings. The summed E-state index contributed by atoms with van der Waals surface area (Å²) in [6.07, 6.45) is 2.02. The van der Waals surface area contributed by atoms with Crippen LogP contribution in [0.25, 0.3) is 0 Å². The molecule has 1 saturated heterocycles. The maximum Gasteiger partial charge on any atom is 0.243 e. The Morgan fingerprint density at radius 3 is 2.70 bits per heavy atom. The maximum absolute atomic E-state index is 12.8. The first-order chi connectivity index (χ1) is 9.36. The van der Waals surface area contributed by atoms with Crippen LogP contribution in [0.3, 0.4) is 0 Å². The summed E-state index contributed by atoms with van der Waals surface area (Å²) in [4.78, 5) is 0.339. The predicted octanol–water partition coefficient (Wildman–Crippen LogP) is 3.19. The highest BCUT2D eigenvalue weighted by atomic mass is 79.9. The average molecular weight is 362 g/mol. The van der Waals surface area contributed by atoms with Gasteiger partial charge in [-0.1, -0.05) is 6.92 Å². The van der Waals surface area contributed by atoms with Crippen LogP contribution in [0.2, 0.25) is 0 Å². The molecule has 4 nitrogen and oxygen atoms in total. The van der Waals surface area contributed by atoms with E-state index in [0.29, 0.717) is 29.7 Å². The second kappa shape index (κ2) is 6.03. The highest BCUT2D eigenvalue weighted by molar-refractivity contribution is 9.10. The first kappa shape index (κ1) is 15.8. The third-order valence-electron chi connectivity index (χ3n) is 3.69. The van der Waals surface area contributed by atoms with Crippen LogP contribution in [-0.4, -0.2) is 32.9 Å². The van der Waals surface area contributed by atoms with Gasteiger partial charge in [0.2, 0.25) is 10.0 Å². The zero-order valence-corrected chi connectivity index (χ0v) is 14.4. The van der Waals surface area contributed by atoms with Crippen LogP contribution >= 0.6 is 15.9 Å². The van der Waals surface area contributed by atoms with E-state index in [1.165, 1.54) is 7.11 Å². The molecule has 0 spiro atoms. The minimum Gasteiger partial charge on any atom is -0.496 e. The van der Waals surface area contributed by atoms with Crippen LogP contribution in [0.1, 0.15) is 25.3 Å². The zero-order valence-electron chi connectivity index (χ0n) is 12.0. The third kappa shape index (κ3) is 3.02. The molecule has 1 atom stereocenters. The van der Waals surface area contributed by atoms with E-state index in [4.69, 9.17) is 4.74 Å². The van der Waals surface area contributed by atoms with Crippen molar-refractivity contribution >= 4 is 26.0 Å². The zero-order chi connectivity index (χ0) is 14.9. The molecule has 0 radical (unpaired) electrons. The van der Waals surface area contributed by atoms with Gasteiger partial charge in [-0.25, -0.2) is 8.42 Å². The predicted molar refractivity (Wildman–Crippen MR) is 82.6 cm³/mol. The number of hydrogen-bond donors (Lipinski definition) is 0. The van der Waals surface area contributed by atoms with Crippen molar-refractivity contribution in [3.05, 3.63) is 22.2 Å². The van der Waals surface area contributed by atoms with Crippen LogP contribution in [0.15, 0.2) is 21.5 Å². The molecule has 1 aliphatic rings. The molecule has 20 heavy (non-hydrogen) atoms. The van der Waals surface area contributed by atoms with Gasteiger partial charge in [0.25, 0.3) is 0 Å². The summed E-state index contributed by atoms with van der Waals surface area (Å²) in [5, 5.41) is 0. The second-order valence-corrected chi connectivity index (χ2v) is 8.12. The molecule has 112 valence electrons. The van der Waals surface area contributed by atoms with Crippen molar-refractivity contribution in [3.8, 4) is 5.75 Å². The van der Waals surface area contributed by atoms with Crippen molar-refractivity contribution in [2.45, 2.75) is 31.6 Å². The van der Waals surface area contributed by atoms with Gasteiger partial charge in [-0.2, -0.15) is 4.31 Å². The second-order valence-electron chi connectivity index (χ2n) is 5.36. The van der Waals surface area contributed by atoms with Crippen molar-refractivity contribution in [3.63, 3.8) is 0 Å². The van der Waals surface area contributed by atoms with Gasteiger partial charge in [0.05, 0.1) is 16.5 Å². The molecule has 0 saturated carbocycles. The lowest BCUT2D eigenvalue weighted by atomic mass is 10.0. The number of methoxy groups -OCH3 is 1. The largest absolute Gasteiger partial charge is 0.496 e. The number of rotatable bonds is 3. The quantitative estimate of drug-likeness (QED) is 0.830. The monoisotopic (exact) mass is 361 g/mol. The minimum atomic E-state index is -3.44. The average Bonchev–Trinajstić information content (AvgIpc) is 2.38. The fourth-order valence-electron chi connectivity index (χ4n) is 2.57. The van der Waals surface area contributed by atoms with E-state index in [1.807, 2.05) is 6.92 Å². The van der Waals surface area contributed by atoms with E-state index in [1.54, 1.807) is 16.4 Å². The summed E-state index contributed by atoms with van der Waals surface area (Å²) in [5.41, 5.74) is 0.732. The normalized spacial score (nSPS) is 20.9. The van der Waals surface area contributed by atoms with Crippen LogP contribution in [-0.2, 0) is 10.0 Å². The summed E-state index contributed by atoms with van der Waals surface area (Å²) in [5.74, 6) is 0.954. The highest BCUT2D eigenvalue weighted by Gasteiger charge is 2.30. The molecule has 0 amide bonds. The summed E-state index contributed by atoms with van der Waals surface area (Å²) in [6, 6.07) is 3.40. The number of hydrogen-bond acceptors (Lipinski definition) is 3. The molecular formula is C14H20BrNO3S. The van der Waals surface area contributed by atoms with E-state index in [-0.39, 0.29) is 0 Å². The molecule has 2 rings (SSSR count). The van der Waals surface area contributed by atoms with Crippen LogP contribution in [0.5, 0.6) is 5.75 Å². The number of ether oxygens (including phenoxy) is 1. The molecule has 1 aromatic rings. The number of nitrogens with zero attached hydrogens (tertiary/aromatic N) is 1. The lowest BCUT2D eigenvalue weighted by Crippen LogP contribution is -2.39. The SMILES string of the molecule is COc1cc(S(=O)(=O)N2CCC[C@H](C)C2)c(C)cc1Br. The van der Waals surface area contributed by atoms with Gasteiger partial charge in [-0.05, 0) is 53.2 Å². The lowest BCUT2D eigenvalue weighted by molar-refractivity contribution is 0.281. The molecule has 1 heterocycles. The van der Waals surface area contributed by atoms with Gasteiger partial charge in [-0.3, -0.25) is 0 Å². The number of aryl methyl sites for hydroxylation is 1. The summed E-state index contributed by atoms with van der Waals surface area (Å²) in [7, 11) is -1.91. The fourth-order valence-corrected chi connectivity index (χ4v) is 5.01. The highest BCUT2D eigenvalue weighted by Crippen LogP contribution is 2.33. The Morgan fingerprint density at radius 2 is 2.10 bits per heavy atom. The smallest absolute Gasteiger partial charge is 0.243 e. The number of piperidine rings is 1. The minimum absolute atomic E-state index is 0.339. The topological polar surface area (TPSA) is 46.6 Å². The first-order valence-corrected chi connectivity index (χ1v) is 8.94. The molecule has 0 bridgehead atoms. The first-order valence-electron chi connectivity index (χ1n) is 6.70. The van der Waals surface area contributed by atoms with Crippen LogP contribution < -0.4 is 4.74 Å². The molecule has 0 aromatic heterocycles. The van der Waals surface area contributed by atoms with E-state index < -0.39 is 10.0 Å². The Hall–Kier alpha value is -0.590. The van der Waals surface area contributed by atoms with E-state index in [2.05, 4.69) is 22.9 Å². The number of halogens is 1. The summed E-state index contributed by atoms with van der Waals surface area (Å²) < 4.78 is 33.2. The van der Waals surface area contributed by atoms with Crippen molar-refractivity contribution in [1.29, 1.82) is 0 Å². The van der Waals surface area contributed by atoms with Gasteiger partial charge in [0.1, 0.15) is 5.75 Å². The maximum atomic E-state index is 12.8. The molecule has 1 aromatic carbocycles. The van der Waals surface area contributed by atoms with Gasteiger partial charge >= 0.3 is 0 Å². The van der Waals surface area contributed by atoms with Crippen molar-refractivity contribution in [2.75, 3.05) is 20.2 Å². The molecule has 0 unspecified atom stereocenters. The van der Waals surface area contributed by atoms with Gasteiger partial charge < -0.3 is 4.74 Å². The Labute approximate surface area is 129 Å². The number of sulfonamides is 1. The van der Waals surface area contributed by atoms with Crippen LogP contribution in [0, 0.1) is 12.8 Å². The lowest BCUT2D eigenvalue weighted by Gasteiger charge is -2.30. The third-order valence-corrected chi connectivity index (χ3v) is 6.31. The van der Waals surface area contributed by atoms with E-state index >= 15 is 0 Å². The molecule has 0 aliphatic carbocycles. The summed E-state index contributed by atoms with van der Waals surface area (Å²) in [6.45, 7) is 5.10. The van der Waals surface area contributed by atoms with Crippen molar-refractivity contribution in [1.82, 2.24) is 4.31 Å². The van der Waals surface area contributed by atoms with E-state index in [0.717, 1.165) is 22.9 Å². The van der Waals surface area contributed by atoms with E-state index in [9.17, 15) is 8.42 Å². The molecular weight excluding hydrogens is 342 g/mol. The standard InChI is InChI=1S/C14H20BrNO3S/c1-10-5-4-6-16(9-10)20(17,18)14-8-13(19-3)12(15)7-11(14)2/h7-8,10H,4-6,9H2,1-3H3/t10-/m0/s1.